The average molecular weight is 172 g/mol. The summed E-state index contributed by atoms with van der Waals surface area (Å²) >= 11 is 0. The number of hydrogen-bond donors (Lipinski definition) is 2. The van der Waals surface area contributed by atoms with E-state index in [0.29, 0.717) is 26.1 Å². The molecule has 0 saturated carbocycles. The molecule has 0 radical (unpaired) electrons. The van der Waals surface area contributed by atoms with Crippen molar-refractivity contribution in [2.75, 3.05) is 26.7 Å². The molecule has 0 aromatic carbocycles. The molecule has 1 rings (SSSR count). The van der Waals surface area contributed by atoms with Crippen LogP contribution in [0, 0.1) is 0 Å². The molecule has 0 unspecified atom stereocenters. The lowest BCUT2D eigenvalue weighted by molar-refractivity contribution is -0.130. The predicted molar refractivity (Wildman–Crippen MR) is 45.7 cm³/mol. The maximum absolute atomic E-state index is 11.3. The van der Waals surface area contributed by atoms with Crippen molar-refractivity contribution in [3.8, 4) is 0 Å². The number of amides is 1. The Hall–Kier alpha value is -0.610. The third kappa shape index (κ3) is 2.46. The summed E-state index contributed by atoms with van der Waals surface area (Å²) in [5.41, 5.74) is 0. The summed E-state index contributed by atoms with van der Waals surface area (Å²) in [5, 5.41) is 12.1. The second-order valence-electron chi connectivity index (χ2n) is 3.14. The predicted octanol–water partition coefficient (Wildman–Crippen LogP) is -0.811. The molecule has 1 atom stereocenters. The van der Waals surface area contributed by atoms with Crippen molar-refractivity contribution in [3.63, 3.8) is 0 Å². The third-order valence-corrected chi connectivity index (χ3v) is 2.10. The van der Waals surface area contributed by atoms with Crippen LogP contribution in [0.5, 0.6) is 0 Å². The molecule has 0 spiro atoms. The lowest BCUT2D eigenvalue weighted by Gasteiger charge is -2.14. The average Bonchev–Trinajstić information content (AvgIpc) is 2.47. The van der Waals surface area contributed by atoms with Gasteiger partial charge in [-0.1, -0.05) is 0 Å². The molecule has 2 N–H and O–H groups in total. The van der Waals surface area contributed by atoms with E-state index >= 15 is 0 Å². The van der Waals surface area contributed by atoms with Gasteiger partial charge in [-0.25, -0.2) is 0 Å². The zero-order valence-corrected chi connectivity index (χ0v) is 7.42. The van der Waals surface area contributed by atoms with Crippen LogP contribution < -0.4 is 5.32 Å². The maximum Gasteiger partial charge on any atom is 0.223 e. The number of nitrogens with zero attached hydrogens (tertiary/aromatic N) is 1. The molecule has 4 heteroatoms. The Kier molecular flexibility index (Phi) is 3.49. The minimum absolute atomic E-state index is 0.140. The van der Waals surface area contributed by atoms with Crippen LogP contribution >= 0.6 is 0 Å². The maximum atomic E-state index is 11.3. The quantitative estimate of drug-likeness (QED) is 0.585. The van der Waals surface area contributed by atoms with Gasteiger partial charge in [0.05, 0.1) is 6.10 Å². The monoisotopic (exact) mass is 172 g/mol. The van der Waals surface area contributed by atoms with E-state index in [-0.39, 0.29) is 12.0 Å². The third-order valence-electron chi connectivity index (χ3n) is 2.10. The van der Waals surface area contributed by atoms with Gasteiger partial charge in [0.1, 0.15) is 0 Å². The second kappa shape index (κ2) is 4.42. The van der Waals surface area contributed by atoms with E-state index in [1.54, 1.807) is 4.90 Å². The fourth-order valence-corrected chi connectivity index (χ4v) is 1.36. The molecule has 1 aliphatic heterocycles. The summed E-state index contributed by atoms with van der Waals surface area (Å²) < 4.78 is 0. The summed E-state index contributed by atoms with van der Waals surface area (Å²) in [4.78, 5) is 13.0. The molecule has 1 saturated heterocycles. The summed E-state index contributed by atoms with van der Waals surface area (Å²) in [6.07, 6.45) is 0.956. The number of likely N-dealkylation sites (tertiary alicyclic amines) is 1. The van der Waals surface area contributed by atoms with Crippen LogP contribution in [0.25, 0.3) is 0 Å². The summed E-state index contributed by atoms with van der Waals surface area (Å²) in [6, 6.07) is 0. The molecule has 1 aliphatic rings. The molecule has 4 nitrogen and oxygen atoms in total. The fraction of sp³-hybridized carbons (Fsp3) is 0.875. The van der Waals surface area contributed by atoms with Crippen LogP contribution in [0.1, 0.15) is 12.8 Å². The van der Waals surface area contributed by atoms with Crippen LogP contribution in [-0.2, 0) is 4.79 Å². The molecule has 1 fully saturated rings. The Labute approximate surface area is 72.6 Å². The van der Waals surface area contributed by atoms with E-state index < -0.39 is 0 Å². The highest BCUT2D eigenvalue weighted by atomic mass is 16.3. The smallest absolute Gasteiger partial charge is 0.223 e. The van der Waals surface area contributed by atoms with E-state index in [1.165, 1.54) is 0 Å². The second-order valence-corrected chi connectivity index (χ2v) is 3.14. The van der Waals surface area contributed by atoms with E-state index in [1.807, 2.05) is 7.05 Å². The highest BCUT2D eigenvalue weighted by molar-refractivity contribution is 5.76. The van der Waals surface area contributed by atoms with Gasteiger partial charge in [0.2, 0.25) is 5.91 Å². The van der Waals surface area contributed by atoms with Crippen LogP contribution in [0.3, 0.4) is 0 Å². The first kappa shape index (κ1) is 9.48. The summed E-state index contributed by atoms with van der Waals surface area (Å²) in [6.45, 7) is 1.94. The minimum atomic E-state index is -0.302. The van der Waals surface area contributed by atoms with Gasteiger partial charge >= 0.3 is 0 Å². The number of hydrogen-bond acceptors (Lipinski definition) is 3. The van der Waals surface area contributed by atoms with E-state index in [4.69, 9.17) is 5.11 Å². The van der Waals surface area contributed by atoms with E-state index in [0.717, 1.165) is 6.42 Å². The van der Waals surface area contributed by atoms with E-state index in [9.17, 15) is 4.79 Å². The summed E-state index contributed by atoms with van der Waals surface area (Å²) in [5.74, 6) is 0.140. The van der Waals surface area contributed by atoms with E-state index in [2.05, 4.69) is 5.32 Å². The van der Waals surface area contributed by atoms with Crippen LogP contribution in [0.2, 0.25) is 0 Å². The topological polar surface area (TPSA) is 52.6 Å². The van der Waals surface area contributed by atoms with Gasteiger partial charge in [0, 0.05) is 26.1 Å². The zero-order chi connectivity index (χ0) is 8.97. The first-order chi connectivity index (χ1) is 5.74. The van der Waals surface area contributed by atoms with Crippen molar-refractivity contribution in [1.82, 2.24) is 10.2 Å². The number of aliphatic hydroxyl groups excluding tert-OH is 1. The number of nitrogens with one attached hydrogen (secondary N) is 1. The van der Waals surface area contributed by atoms with Gasteiger partial charge in [-0.3, -0.25) is 4.79 Å². The van der Waals surface area contributed by atoms with Gasteiger partial charge < -0.3 is 15.3 Å². The lowest BCUT2D eigenvalue weighted by Crippen LogP contribution is -2.31. The zero-order valence-electron chi connectivity index (χ0n) is 7.42. The Bertz CT molecular complexity index is 161. The van der Waals surface area contributed by atoms with Crippen molar-refractivity contribution >= 4 is 5.91 Å². The van der Waals surface area contributed by atoms with Gasteiger partial charge in [-0.15, -0.1) is 0 Å². The normalized spacial score (nSPS) is 23.2. The van der Waals surface area contributed by atoms with Crippen molar-refractivity contribution in [1.29, 1.82) is 0 Å². The van der Waals surface area contributed by atoms with Gasteiger partial charge in [-0.05, 0) is 13.5 Å². The number of carbonyl (C=O) groups excluding carboxylic acids is 1. The minimum Gasteiger partial charge on any atom is -0.391 e. The van der Waals surface area contributed by atoms with Gasteiger partial charge in [0.15, 0.2) is 0 Å². The highest BCUT2D eigenvalue weighted by Gasteiger charge is 2.23. The first-order valence-electron chi connectivity index (χ1n) is 4.34. The SMILES string of the molecule is CNCCC(=O)N1CC[C@@H](O)C1. The fourth-order valence-electron chi connectivity index (χ4n) is 1.36. The van der Waals surface area contributed by atoms with Crippen LogP contribution in [-0.4, -0.2) is 48.7 Å². The summed E-state index contributed by atoms with van der Waals surface area (Å²) in [7, 11) is 1.83. The Balaban J connectivity index is 2.23. The molecule has 1 heterocycles. The molecular weight excluding hydrogens is 156 g/mol. The highest BCUT2D eigenvalue weighted by Crippen LogP contribution is 2.09. The van der Waals surface area contributed by atoms with Gasteiger partial charge in [0.25, 0.3) is 0 Å². The number of β-amino-alcohol motifs (C(OH)–C–C–N with tert-alkyl or cyclic N) is 1. The van der Waals surface area contributed by atoms with Crippen molar-refractivity contribution in [3.05, 3.63) is 0 Å². The van der Waals surface area contributed by atoms with Gasteiger partial charge in [-0.2, -0.15) is 0 Å². The van der Waals surface area contributed by atoms with Crippen molar-refractivity contribution in [2.24, 2.45) is 0 Å². The Morgan fingerprint density at radius 3 is 3.00 bits per heavy atom. The molecule has 70 valence electrons. The molecule has 1 amide bonds. The lowest BCUT2D eigenvalue weighted by atomic mass is 10.3. The van der Waals surface area contributed by atoms with Crippen LogP contribution in [0.4, 0.5) is 0 Å². The molecular formula is C8H16N2O2. The largest absolute Gasteiger partial charge is 0.391 e. The molecule has 12 heavy (non-hydrogen) atoms. The first-order valence-corrected chi connectivity index (χ1v) is 4.34. The van der Waals surface area contributed by atoms with Crippen molar-refractivity contribution in [2.45, 2.75) is 18.9 Å². The molecule has 0 aromatic rings. The standard InChI is InChI=1S/C8H16N2O2/c1-9-4-2-8(12)10-5-3-7(11)6-10/h7,9,11H,2-6H2,1H3/t7-/m1/s1. The Morgan fingerprint density at radius 2 is 2.50 bits per heavy atom. The van der Waals surface area contributed by atoms with Crippen molar-refractivity contribution < 1.29 is 9.90 Å². The van der Waals surface area contributed by atoms with Crippen LogP contribution in [0.15, 0.2) is 0 Å². The molecule has 0 aromatic heterocycles. The molecule has 0 aliphatic carbocycles. The number of carbonyl (C=O) groups is 1. The molecule has 0 bridgehead atoms. The number of aliphatic hydroxyl groups is 1. The Morgan fingerprint density at radius 1 is 1.75 bits per heavy atom. The number of rotatable bonds is 3.